The van der Waals surface area contributed by atoms with Crippen LogP contribution < -0.4 is 14.9 Å². The number of ether oxygens (including phenoxy) is 1. The van der Waals surface area contributed by atoms with E-state index >= 15 is 0 Å². The fourth-order valence-electron chi connectivity index (χ4n) is 3.93. The van der Waals surface area contributed by atoms with Gasteiger partial charge in [0.25, 0.3) is 11.5 Å². The molecule has 1 aliphatic heterocycles. The predicted octanol–water partition coefficient (Wildman–Crippen LogP) is 3.71. The smallest absolute Gasteiger partial charge is 0.338 e. The summed E-state index contributed by atoms with van der Waals surface area (Å²) >= 11 is 2.84. The molecular formula is C26H22N2O5S2. The molecule has 2 aromatic heterocycles. The van der Waals surface area contributed by atoms with Crippen molar-refractivity contribution in [2.24, 2.45) is 4.99 Å². The topological polar surface area (TPSA) is 98.0 Å². The molecule has 5 rings (SSSR count). The lowest BCUT2D eigenvalue weighted by Crippen LogP contribution is -2.39. The first-order valence-electron chi connectivity index (χ1n) is 10.6. The zero-order valence-electron chi connectivity index (χ0n) is 19.2. The van der Waals surface area contributed by atoms with E-state index in [0.717, 1.165) is 28.1 Å². The number of hydrogen-bond acceptors (Lipinski definition) is 7. The Morgan fingerprint density at radius 1 is 1.11 bits per heavy atom. The number of hydrogen-bond donors (Lipinski definition) is 1. The fraction of sp³-hybridized carbons (Fsp3) is 0.154. The molecule has 1 unspecified atom stereocenters. The van der Waals surface area contributed by atoms with E-state index in [9.17, 15) is 9.59 Å². The first-order valence-corrected chi connectivity index (χ1v) is 12.3. The van der Waals surface area contributed by atoms with Crippen molar-refractivity contribution in [2.45, 2.75) is 19.9 Å². The van der Waals surface area contributed by atoms with Gasteiger partial charge in [0.05, 0.1) is 22.9 Å². The van der Waals surface area contributed by atoms with Crippen molar-refractivity contribution in [3.8, 4) is 0 Å². The van der Waals surface area contributed by atoms with Crippen molar-refractivity contribution in [3.63, 3.8) is 0 Å². The van der Waals surface area contributed by atoms with Crippen LogP contribution in [0, 0.1) is 0 Å². The minimum absolute atomic E-state index is 0.163. The Morgan fingerprint density at radius 2 is 1.83 bits per heavy atom. The zero-order valence-corrected chi connectivity index (χ0v) is 20.9. The van der Waals surface area contributed by atoms with Crippen molar-refractivity contribution in [1.29, 1.82) is 0 Å². The van der Waals surface area contributed by atoms with Gasteiger partial charge in [0.15, 0.2) is 4.80 Å². The maximum Gasteiger partial charge on any atom is 0.338 e. The van der Waals surface area contributed by atoms with Crippen LogP contribution in [0.2, 0.25) is 0 Å². The maximum atomic E-state index is 13.5. The third-order valence-corrected chi connectivity index (χ3v) is 7.26. The number of allylic oxidation sites excluding steroid dienone is 1. The van der Waals surface area contributed by atoms with Crippen LogP contribution in [0.15, 0.2) is 81.0 Å². The second-order valence-corrected chi connectivity index (χ2v) is 9.66. The molecule has 0 radical (unpaired) electrons. The Morgan fingerprint density at radius 3 is 2.51 bits per heavy atom. The lowest BCUT2D eigenvalue weighted by atomic mass is 10.0. The highest BCUT2D eigenvalue weighted by Gasteiger charge is 2.33. The average molecular weight is 507 g/mol. The van der Waals surface area contributed by atoms with E-state index in [2.05, 4.69) is 17.1 Å². The fourth-order valence-corrected chi connectivity index (χ4v) is 5.79. The van der Waals surface area contributed by atoms with E-state index in [4.69, 9.17) is 14.6 Å². The Balaban J connectivity index is 0.000000672. The maximum absolute atomic E-state index is 13.5. The van der Waals surface area contributed by atoms with E-state index in [0.29, 0.717) is 20.6 Å². The standard InChI is InChI=1S/C24H18N2O3S2.C2H4O2/c1-14-20(23(28)29-2)21(18-11-6-12-30-18)26-22(27)19(31-24(26)25-14)13-16-9-5-8-15-7-3-4-10-17(15)16;1-2(3)4/h3-13,21H,1-2H3;1H3,(H,3,4)/b19-13-;. The Hall–Kier alpha value is -3.82. The molecule has 178 valence electrons. The molecule has 9 heteroatoms. The van der Waals surface area contributed by atoms with Crippen LogP contribution in [0.5, 0.6) is 0 Å². The van der Waals surface area contributed by atoms with Crippen LogP contribution in [0.3, 0.4) is 0 Å². The Bertz CT molecular complexity index is 1620. The quantitative estimate of drug-likeness (QED) is 0.427. The molecule has 0 fully saturated rings. The number of benzene rings is 2. The molecule has 1 atom stereocenters. The van der Waals surface area contributed by atoms with Crippen molar-refractivity contribution < 1.29 is 19.4 Å². The number of carbonyl (C=O) groups excluding carboxylic acids is 1. The van der Waals surface area contributed by atoms with Crippen molar-refractivity contribution in [2.75, 3.05) is 7.11 Å². The molecular weight excluding hydrogens is 484 g/mol. The lowest BCUT2D eigenvalue weighted by Gasteiger charge is -2.22. The zero-order chi connectivity index (χ0) is 25.1. The molecule has 1 N–H and O–H groups in total. The first-order chi connectivity index (χ1) is 16.8. The largest absolute Gasteiger partial charge is 0.481 e. The number of thiazole rings is 1. The number of aliphatic carboxylic acids is 1. The molecule has 35 heavy (non-hydrogen) atoms. The van der Waals surface area contributed by atoms with Gasteiger partial charge in [0, 0.05) is 11.8 Å². The molecule has 0 spiro atoms. The number of carbonyl (C=O) groups is 2. The number of thiophene rings is 1. The molecule has 0 amide bonds. The molecule has 0 bridgehead atoms. The van der Waals surface area contributed by atoms with Gasteiger partial charge in [-0.25, -0.2) is 9.79 Å². The van der Waals surface area contributed by atoms with Crippen LogP contribution in [-0.4, -0.2) is 28.7 Å². The number of methoxy groups -OCH3 is 1. The number of esters is 1. The van der Waals surface area contributed by atoms with E-state index in [-0.39, 0.29) is 5.56 Å². The third kappa shape index (κ3) is 4.87. The molecule has 0 aliphatic carbocycles. The molecule has 0 saturated carbocycles. The Kier molecular flexibility index (Phi) is 7.09. The van der Waals surface area contributed by atoms with Gasteiger partial charge in [0.1, 0.15) is 6.04 Å². The summed E-state index contributed by atoms with van der Waals surface area (Å²) in [7, 11) is 1.35. The second kappa shape index (κ2) is 10.2. The van der Waals surface area contributed by atoms with Crippen molar-refractivity contribution >= 4 is 51.5 Å². The van der Waals surface area contributed by atoms with Crippen molar-refractivity contribution in [1.82, 2.24) is 4.57 Å². The molecule has 4 aromatic rings. The van der Waals surface area contributed by atoms with Crippen LogP contribution in [0.25, 0.3) is 16.8 Å². The number of nitrogens with zero attached hydrogens (tertiary/aromatic N) is 2. The molecule has 3 heterocycles. The van der Waals surface area contributed by atoms with E-state index in [1.165, 1.54) is 29.8 Å². The van der Waals surface area contributed by atoms with Gasteiger partial charge in [-0.05, 0) is 40.8 Å². The lowest BCUT2D eigenvalue weighted by molar-refractivity contribution is -0.137. The number of fused-ring (bicyclic) bond motifs is 2. The summed E-state index contributed by atoms with van der Waals surface area (Å²) in [6.07, 6.45) is 1.91. The molecule has 0 saturated heterocycles. The summed E-state index contributed by atoms with van der Waals surface area (Å²) in [5.74, 6) is -1.30. The highest BCUT2D eigenvalue weighted by Crippen LogP contribution is 2.33. The number of rotatable bonds is 3. The second-order valence-electron chi connectivity index (χ2n) is 7.68. The highest BCUT2D eigenvalue weighted by atomic mass is 32.1. The van der Waals surface area contributed by atoms with E-state index in [1.807, 2.05) is 53.9 Å². The van der Waals surface area contributed by atoms with Crippen molar-refractivity contribution in [3.05, 3.63) is 101 Å². The molecule has 7 nitrogen and oxygen atoms in total. The van der Waals surface area contributed by atoms with Crippen LogP contribution >= 0.6 is 22.7 Å². The van der Waals surface area contributed by atoms with Gasteiger partial charge in [-0.15, -0.1) is 11.3 Å². The summed E-state index contributed by atoms with van der Waals surface area (Å²) in [6, 6.07) is 17.4. The third-order valence-electron chi connectivity index (χ3n) is 5.35. The van der Waals surface area contributed by atoms with Crippen LogP contribution in [0.1, 0.15) is 30.3 Å². The van der Waals surface area contributed by atoms with Gasteiger partial charge in [-0.2, -0.15) is 0 Å². The van der Waals surface area contributed by atoms with E-state index < -0.39 is 18.0 Å². The minimum Gasteiger partial charge on any atom is -0.481 e. The summed E-state index contributed by atoms with van der Waals surface area (Å²) in [5.41, 5.74) is 1.78. The van der Waals surface area contributed by atoms with E-state index in [1.54, 1.807) is 11.5 Å². The first kappa shape index (κ1) is 24.3. The van der Waals surface area contributed by atoms with Crippen LogP contribution in [0.4, 0.5) is 0 Å². The highest BCUT2D eigenvalue weighted by molar-refractivity contribution is 7.10. The molecule has 2 aromatic carbocycles. The van der Waals surface area contributed by atoms with Crippen LogP contribution in [-0.2, 0) is 14.3 Å². The predicted molar refractivity (Wildman–Crippen MR) is 137 cm³/mol. The SMILES string of the molecule is CC(=O)O.COC(=O)C1=C(C)N=c2s/c(=C\c3cccc4ccccc34)c(=O)n2C1c1cccs1. The van der Waals surface area contributed by atoms with Gasteiger partial charge in [-0.3, -0.25) is 14.2 Å². The monoisotopic (exact) mass is 506 g/mol. The summed E-state index contributed by atoms with van der Waals surface area (Å²) in [4.78, 5) is 41.2. The van der Waals surface area contributed by atoms with Gasteiger partial charge in [-0.1, -0.05) is 59.9 Å². The van der Waals surface area contributed by atoms with Gasteiger partial charge < -0.3 is 9.84 Å². The Labute approximate surface area is 208 Å². The van der Waals surface area contributed by atoms with Gasteiger partial charge >= 0.3 is 5.97 Å². The summed E-state index contributed by atoms with van der Waals surface area (Å²) < 4.78 is 7.22. The minimum atomic E-state index is -0.833. The average Bonchev–Trinajstić information content (AvgIpc) is 3.46. The number of carboxylic acid groups (broad SMARTS) is 1. The summed E-state index contributed by atoms with van der Waals surface area (Å²) in [5, 5.41) is 11.5. The number of aromatic nitrogens is 1. The van der Waals surface area contributed by atoms with Gasteiger partial charge in [0.2, 0.25) is 0 Å². The molecule has 1 aliphatic rings. The normalized spacial score (nSPS) is 15.2. The summed E-state index contributed by atoms with van der Waals surface area (Å²) in [6.45, 7) is 2.87. The number of carboxylic acids is 1.